The van der Waals surface area contributed by atoms with Crippen molar-refractivity contribution in [3.8, 4) is 0 Å². The molecule has 0 amide bonds. The molecule has 2 nitrogen and oxygen atoms in total. The summed E-state index contributed by atoms with van der Waals surface area (Å²) in [5.41, 5.74) is 0.946. The van der Waals surface area contributed by atoms with Crippen LogP contribution in [0.15, 0.2) is 17.6 Å². The number of alkyl halides is 1. The molecule has 62 valence electrons. The van der Waals surface area contributed by atoms with Gasteiger partial charge in [-0.3, -0.25) is 0 Å². The second-order valence-electron chi connectivity index (χ2n) is 2.93. The fourth-order valence-electron chi connectivity index (χ4n) is 0.729. The average molecular weight is 198 g/mol. The molecule has 0 spiro atoms. The van der Waals surface area contributed by atoms with Crippen LogP contribution in [0.2, 0.25) is 0 Å². The monoisotopic (exact) mass is 198 g/mol. The number of rotatable bonds is 2. The summed E-state index contributed by atoms with van der Waals surface area (Å²) in [5.74, 6) is 0. The summed E-state index contributed by atoms with van der Waals surface area (Å²) < 4.78 is -0.378. The average Bonchev–Trinajstić information content (AvgIpc) is 2.03. The van der Waals surface area contributed by atoms with E-state index in [1.54, 1.807) is 12.4 Å². The highest BCUT2D eigenvalue weighted by molar-refractivity contribution is 7.98. The lowest BCUT2D eigenvalue weighted by molar-refractivity contribution is 0.935. The van der Waals surface area contributed by atoms with Crippen LogP contribution in [0.5, 0.6) is 0 Å². The summed E-state index contributed by atoms with van der Waals surface area (Å²) >= 11 is 7.59. The van der Waals surface area contributed by atoms with Crippen molar-refractivity contribution in [2.75, 3.05) is 6.26 Å². The zero-order chi connectivity index (χ0) is 9.19. The lowest BCUT2D eigenvalue weighted by Gasteiger charge is -2.14. The molecule has 0 radical (unpaired) electrons. The van der Waals surface area contributed by atoms with Crippen molar-refractivity contribution in [3.05, 3.63) is 18.0 Å². The highest BCUT2D eigenvalue weighted by Crippen LogP contribution is 2.20. The van der Waals surface area contributed by atoms with E-state index in [1.165, 1.54) is 11.8 Å². The van der Waals surface area contributed by atoms with Crippen molar-refractivity contribution < 1.29 is 0 Å². The van der Waals surface area contributed by atoms with E-state index in [9.17, 15) is 0 Å². The zero-order valence-electron chi connectivity index (χ0n) is 7.34. The SMILES string of the molecule is BC(B)(Cl)c1cnc(SC)nc1. The van der Waals surface area contributed by atoms with Gasteiger partial charge in [0.2, 0.25) is 0 Å². The first-order valence-electron chi connectivity index (χ1n) is 3.59. The first-order valence-corrected chi connectivity index (χ1v) is 5.20. The highest BCUT2D eigenvalue weighted by Gasteiger charge is 2.17. The Bertz CT molecular complexity index is 259. The summed E-state index contributed by atoms with van der Waals surface area (Å²) in [6.45, 7) is 0. The molecule has 0 aliphatic heterocycles. The van der Waals surface area contributed by atoms with Gasteiger partial charge in [0, 0.05) is 17.1 Å². The van der Waals surface area contributed by atoms with Gasteiger partial charge in [-0.2, -0.15) is 0 Å². The van der Waals surface area contributed by atoms with Crippen molar-refractivity contribution in [2.45, 2.75) is 9.83 Å². The van der Waals surface area contributed by atoms with Crippen LogP contribution in [0.25, 0.3) is 0 Å². The van der Waals surface area contributed by atoms with E-state index in [0.29, 0.717) is 0 Å². The molecular weight excluding hydrogens is 189 g/mol. The number of thioether (sulfide) groups is 1. The third-order valence-electron chi connectivity index (χ3n) is 1.50. The second kappa shape index (κ2) is 3.71. The highest BCUT2D eigenvalue weighted by atomic mass is 35.5. The Labute approximate surface area is 83.3 Å². The van der Waals surface area contributed by atoms with Crippen LogP contribution in [0.1, 0.15) is 5.56 Å². The van der Waals surface area contributed by atoms with Crippen molar-refractivity contribution in [1.29, 1.82) is 0 Å². The van der Waals surface area contributed by atoms with Gasteiger partial charge < -0.3 is 0 Å². The Morgan fingerprint density at radius 2 is 1.92 bits per heavy atom. The number of nitrogens with zero attached hydrogens (tertiary/aromatic N) is 2. The molecule has 0 aliphatic carbocycles. The number of aromatic nitrogens is 2. The second-order valence-corrected chi connectivity index (χ2v) is 4.65. The molecule has 1 rings (SSSR count). The molecule has 0 saturated heterocycles. The van der Waals surface area contributed by atoms with Crippen LogP contribution < -0.4 is 0 Å². The number of hydrogen-bond acceptors (Lipinski definition) is 3. The maximum atomic E-state index is 6.07. The van der Waals surface area contributed by atoms with Crippen LogP contribution in [0.4, 0.5) is 0 Å². The standard InChI is InChI=1S/C6H9B2ClN2S/c1-12-5-10-2-4(3-11-5)6(7,8)9/h2-3H,7-8H2,1H3. The van der Waals surface area contributed by atoms with Gasteiger partial charge in [-0.25, -0.2) is 9.97 Å². The fraction of sp³-hybridized carbons (Fsp3) is 0.333. The number of hydrogen-bond donors (Lipinski definition) is 0. The summed E-state index contributed by atoms with van der Waals surface area (Å²) in [6, 6.07) is 0. The minimum atomic E-state index is -0.378. The maximum Gasteiger partial charge on any atom is 0.187 e. The van der Waals surface area contributed by atoms with Crippen LogP contribution in [0, 0.1) is 0 Å². The maximum absolute atomic E-state index is 6.07. The van der Waals surface area contributed by atoms with E-state index in [2.05, 4.69) is 9.97 Å². The van der Waals surface area contributed by atoms with Crippen molar-refractivity contribution in [1.82, 2.24) is 9.97 Å². The smallest absolute Gasteiger partial charge is 0.187 e. The molecule has 12 heavy (non-hydrogen) atoms. The molecule has 0 fully saturated rings. The molecule has 1 aromatic rings. The van der Waals surface area contributed by atoms with Crippen molar-refractivity contribution in [2.24, 2.45) is 0 Å². The van der Waals surface area contributed by atoms with Gasteiger partial charge in [-0.05, 0) is 11.8 Å². The molecule has 0 atom stereocenters. The van der Waals surface area contributed by atoms with Crippen LogP contribution in [-0.4, -0.2) is 31.9 Å². The van der Waals surface area contributed by atoms with Crippen molar-refractivity contribution >= 4 is 39.1 Å². The first-order chi connectivity index (χ1) is 5.54. The minimum absolute atomic E-state index is 0.378. The fourth-order valence-corrected chi connectivity index (χ4v) is 1.14. The normalized spacial score (nSPS) is 11.5. The van der Waals surface area contributed by atoms with Crippen LogP contribution in [0.3, 0.4) is 0 Å². The number of halogens is 1. The van der Waals surface area contributed by atoms with Gasteiger partial charge >= 0.3 is 0 Å². The van der Waals surface area contributed by atoms with Crippen LogP contribution >= 0.6 is 23.4 Å². The Balaban J connectivity index is 2.93. The molecule has 6 heteroatoms. The molecule has 0 aromatic carbocycles. The van der Waals surface area contributed by atoms with Gasteiger partial charge in [0.25, 0.3) is 0 Å². The lowest BCUT2D eigenvalue weighted by atomic mass is 9.66. The lowest BCUT2D eigenvalue weighted by Crippen LogP contribution is -2.19. The van der Waals surface area contributed by atoms with Gasteiger partial charge in [0.05, 0.1) is 0 Å². The molecule has 1 aromatic heterocycles. The zero-order valence-corrected chi connectivity index (χ0v) is 8.91. The van der Waals surface area contributed by atoms with E-state index >= 15 is 0 Å². The molecule has 0 bridgehead atoms. The van der Waals surface area contributed by atoms with E-state index < -0.39 is 0 Å². The molecule has 1 heterocycles. The summed E-state index contributed by atoms with van der Waals surface area (Å²) in [5, 5.41) is 0.777. The largest absolute Gasteiger partial charge is 0.231 e. The Kier molecular flexibility index (Phi) is 3.07. The van der Waals surface area contributed by atoms with Crippen LogP contribution in [-0.2, 0) is 4.67 Å². The summed E-state index contributed by atoms with van der Waals surface area (Å²) in [7, 11) is 3.85. The summed E-state index contributed by atoms with van der Waals surface area (Å²) in [6.07, 6.45) is 5.48. The van der Waals surface area contributed by atoms with Gasteiger partial charge in [0.15, 0.2) is 5.16 Å². The molecule has 0 unspecified atom stereocenters. The third-order valence-corrected chi connectivity index (χ3v) is 2.29. The first kappa shape index (κ1) is 9.93. The predicted molar refractivity (Wildman–Crippen MR) is 58.4 cm³/mol. The molecular formula is C6H9B2ClN2S. The Hall–Kier alpha value is -0.150. The molecule has 0 aliphatic rings. The van der Waals surface area contributed by atoms with Gasteiger partial charge in [-0.1, -0.05) is 11.8 Å². The summed E-state index contributed by atoms with van der Waals surface area (Å²) in [4.78, 5) is 8.26. The van der Waals surface area contributed by atoms with Crippen molar-refractivity contribution in [3.63, 3.8) is 0 Å². The van der Waals surface area contributed by atoms with E-state index in [4.69, 9.17) is 11.6 Å². The third kappa shape index (κ3) is 2.42. The Morgan fingerprint density at radius 1 is 1.42 bits per heavy atom. The van der Waals surface area contributed by atoms with E-state index in [1.807, 2.05) is 21.9 Å². The van der Waals surface area contributed by atoms with Gasteiger partial charge in [-0.15, -0.1) is 11.6 Å². The van der Waals surface area contributed by atoms with Gasteiger partial charge in [0.1, 0.15) is 15.7 Å². The molecule has 0 N–H and O–H groups in total. The van der Waals surface area contributed by atoms with E-state index in [0.717, 1.165) is 10.7 Å². The van der Waals surface area contributed by atoms with E-state index in [-0.39, 0.29) is 4.67 Å². The quantitative estimate of drug-likeness (QED) is 0.285. The predicted octanol–water partition coefficient (Wildman–Crippen LogP) is -0.186. The minimum Gasteiger partial charge on any atom is -0.231 e. The molecule has 0 saturated carbocycles. The topological polar surface area (TPSA) is 25.8 Å². The Morgan fingerprint density at radius 3 is 2.25 bits per heavy atom.